The van der Waals surface area contributed by atoms with E-state index in [0.29, 0.717) is 47.8 Å². The fourth-order valence-electron chi connectivity index (χ4n) is 10.1. The van der Waals surface area contributed by atoms with Crippen LogP contribution in [-0.2, 0) is 14.3 Å². The molecule has 0 spiro atoms. The number of esters is 1. The van der Waals surface area contributed by atoms with Gasteiger partial charge in [-0.15, -0.1) is 0 Å². The molecule has 0 radical (unpaired) electrons. The SMILES string of the molecule is CC(=O)O[C@H]1CC[C@]2(C)[C@H]3CC[C@]4(C)[C@@H]([C@H](C)CC[C@@]5(C(C)C)CO5)CC[C@H]4[C@@H]3C[C@H](O)[C@@]2(O)C1. The first-order chi connectivity index (χ1) is 16.4. The van der Waals surface area contributed by atoms with Gasteiger partial charge < -0.3 is 19.7 Å². The summed E-state index contributed by atoms with van der Waals surface area (Å²) >= 11 is 0. The lowest BCUT2D eigenvalue weighted by atomic mass is 9.42. The second-order valence-corrected chi connectivity index (χ2v) is 14.2. The van der Waals surface area contributed by atoms with E-state index < -0.39 is 11.7 Å². The van der Waals surface area contributed by atoms with Crippen LogP contribution >= 0.6 is 0 Å². The van der Waals surface area contributed by atoms with Crippen LogP contribution in [0.4, 0.5) is 0 Å². The summed E-state index contributed by atoms with van der Waals surface area (Å²) in [5, 5.41) is 23.4. The van der Waals surface area contributed by atoms with Gasteiger partial charge in [-0.3, -0.25) is 4.79 Å². The normalized spacial score (nSPS) is 51.8. The molecule has 4 aliphatic carbocycles. The van der Waals surface area contributed by atoms with E-state index in [-0.39, 0.29) is 23.1 Å². The van der Waals surface area contributed by atoms with E-state index in [9.17, 15) is 15.0 Å². The second kappa shape index (κ2) is 8.70. The Morgan fingerprint density at radius 1 is 1.09 bits per heavy atom. The first-order valence-electron chi connectivity index (χ1n) is 14.6. The number of hydrogen-bond donors (Lipinski definition) is 2. The third-order valence-electron chi connectivity index (χ3n) is 12.5. The van der Waals surface area contributed by atoms with Crippen LogP contribution in [0.15, 0.2) is 0 Å². The molecule has 1 heterocycles. The summed E-state index contributed by atoms with van der Waals surface area (Å²) in [5.41, 5.74) is -1.01. The van der Waals surface area contributed by atoms with E-state index in [4.69, 9.17) is 9.47 Å². The summed E-state index contributed by atoms with van der Waals surface area (Å²) in [6.45, 7) is 14.2. The van der Waals surface area contributed by atoms with Gasteiger partial charge in [-0.2, -0.15) is 0 Å². The van der Waals surface area contributed by atoms with Gasteiger partial charge in [0, 0.05) is 18.8 Å². The summed E-state index contributed by atoms with van der Waals surface area (Å²) in [4.78, 5) is 11.6. The Balaban J connectivity index is 1.32. The molecule has 5 rings (SSSR count). The van der Waals surface area contributed by atoms with Crippen LogP contribution in [0.25, 0.3) is 0 Å². The van der Waals surface area contributed by atoms with E-state index in [0.717, 1.165) is 31.8 Å². The predicted octanol–water partition coefficient (Wildman–Crippen LogP) is 5.50. The Morgan fingerprint density at radius 3 is 2.43 bits per heavy atom. The molecular weight excluding hydrogens is 440 g/mol. The van der Waals surface area contributed by atoms with Crippen LogP contribution in [0.1, 0.15) is 106 Å². The molecule has 11 atom stereocenters. The first-order valence-corrected chi connectivity index (χ1v) is 14.6. The van der Waals surface area contributed by atoms with Gasteiger partial charge in [-0.25, -0.2) is 0 Å². The standard InChI is InChI=1S/C30H50O5/c1-18(2)29(17-34-29)14-9-19(3)23-7-8-24-22-15-26(32)30(33)16-21(35-20(4)31)10-13-28(30,6)25(22)11-12-27(23,24)5/h18-19,21-26,32-33H,7-17H2,1-6H3/t19-,21+,22+,23-,24+,25+,26+,27-,28-,29+,30+/m1/s1. The highest BCUT2D eigenvalue weighted by Crippen LogP contribution is 2.69. The third kappa shape index (κ3) is 3.93. The molecule has 200 valence electrons. The molecule has 1 aliphatic heterocycles. The van der Waals surface area contributed by atoms with Crippen LogP contribution in [0.2, 0.25) is 0 Å². The minimum Gasteiger partial charge on any atom is -0.462 e. The van der Waals surface area contributed by atoms with Crippen LogP contribution < -0.4 is 0 Å². The number of epoxide rings is 1. The lowest BCUT2D eigenvalue weighted by Crippen LogP contribution is -2.68. The zero-order chi connectivity index (χ0) is 25.4. The molecule has 5 nitrogen and oxygen atoms in total. The Bertz CT molecular complexity index is 822. The van der Waals surface area contributed by atoms with Gasteiger partial charge in [0.15, 0.2) is 0 Å². The summed E-state index contributed by atoms with van der Waals surface area (Å²) < 4.78 is 11.4. The topological polar surface area (TPSA) is 79.3 Å². The van der Waals surface area contributed by atoms with Gasteiger partial charge in [0.05, 0.1) is 23.9 Å². The molecule has 0 aromatic rings. The highest BCUT2D eigenvalue weighted by Gasteiger charge is 2.67. The van der Waals surface area contributed by atoms with Crippen molar-refractivity contribution in [3.8, 4) is 0 Å². The Hall–Kier alpha value is -0.650. The summed E-state index contributed by atoms with van der Waals surface area (Å²) in [6, 6.07) is 0. The molecule has 1 saturated heterocycles. The molecule has 0 unspecified atom stereocenters. The van der Waals surface area contributed by atoms with Crippen molar-refractivity contribution in [1.29, 1.82) is 0 Å². The average Bonchev–Trinajstić information content (AvgIpc) is 3.49. The lowest BCUT2D eigenvalue weighted by molar-refractivity contribution is -0.266. The Morgan fingerprint density at radius 2 is 1.80 bits per heavy atom. The highest BCUT2D eigenvalue weighted by molar-refractivity contribution is 5.66. The number of carbonyl (C=O) groups is 1. The van der Waals surface area contributed by atoms with Gasteiger partial charge >= 0.3 is 5.97 Å². The summed E-state index contributed by atoms with van der Waals surface area (Å²) in [6.07, 6.45) is 9.00. The van der Waals surface area contributed by atoms with E-state index in [1.165, 1.54) is 39.0 Å². The van der Waals surface area contributed by atoms with Gasteiger partial charge in [0.25, 0.3) is 0 Å². The lowest BCUT2D eigenvalue weighted by Gasteiger charge is -2.65. The van der Waals surface area contributed by atoms with E-state index >= 15 is 0 Å². The number of rotatable bonds is 6. The van der Waals surface area contributed by atoms with E-state index in [1.54, 1.807) is 0 Å². The van der Waals surface area contributed by atoms with Gasteiger partial charge in [0.2, 0.25) is 0 Å². The molecule has 5 fully saturated rings. The zero-order valence-corrected chi connectivity index (χ0v) is 23.0. The maximum atomic E-state index is 11.9. The van der Waals surface area contributed by atoms with Crippen molar-refractivity contribution in [3.63, 3.8) is 0 Å². The predicted molar refractivity (Wildman–Crippen MR) is 136 cm³/mol. The second-order valence-electron chi connectivity index (χ2n) is 14.2. The van der Waals surface area contributed by atoms with Gasteiger partial charge in [-0.05, 0) is 98.7 Å². The monoisotopic (exact) mass is 490 g/mol. The first kappa shape index (κ1) is 26.0. The minimum absolute atomic E-state index is 0.141. The van der Waals surface area contributed by atoms with Crippen LogP contribution in [-0.4, -0.2) is 46.2 Å². The zero-order valence-electron chi connectivity index (χ0n) is 23.0. The molecule has 35 heavy (non-hydrogen) atoms. The number of ether oxygens (including phenoxy) is 2. The molecule has 2 N–H and O–H groups in total. The molecule has 0 aromatic heterocycles. The van der Waals surface area contributed by atoms with Crippen LogP contribution in [0, 0.1) is 46.3 Å². The van der Waals surface area contributed by atoms with Crippen molar-refractivity contribution in [2.45, 2.75) is 129 Å². The average molecular weight is 491 g/mol. The van der Waals surface area contributed by atoms with Crippen molar-refractivity contribution in [3.05, 3.63) is 0 Å². The van der Waals surface area contributed by atoms with Crippen molar-refractivity contribution in [2.75, 3.05) is 6.61 Å². The number of hydrogen-bond acceptors (Lipinski definition) is 5. The molecule has 0 amide bonds. The van der Waals surface area contributed by atoms with Crippen molar-refractivity contribution >= 4 is 5.97 Å². The summed E-state index contributed by atoms with van der Waals surface area (Å²) in [7, 11) is 0. The number of aliphatic hydroxyl groups excluding tert-OH is 1. The third-order valence-corrected chi connectivity index (χ3v) is 12.5. The fraction of sp³-hybridized carbons (Fsp3) is 0.967. The molecular formula is C30H50O5. The Labute approximate surface area is 212 Å². The van der Waals surface area contributed by atoms with Gasteiger partial charge in [0.1, 0.15) is 6.10 Å². The molecule has 4 saturated carbocycles. The molecule has 5 heteroatoms. The number of fused-ring (bicyclic) bond motifs is 5. The highest BCUT2D eigenvalue weighted by atomic mass is 16.6. The quantitative estimate of drug-likeness (QED) is 0.379. The van der Waals surface area contributed by atoms with Crippen molar-refractivity contribution in [2.24, 2.45) is 46.3 Å². The van der Waals surface area contributed by atoms with Crippen LogP contribution in [0.3, 0.4) is 0 Å². The Kier molecular flexibility index (Phi) is 6.45. The maximum Gasteiger partial charge on any atom is 0.302 e. The van der Waals surface area contributed by atoms with E-state index in [2.05, 4.69) is 34.6 Å². The number of carbonyl (C=O) groups excluding carboxylic acids is 1. The fourth-order valence-corrected chi connectivity index (χ4v) is 10.1. The summed E-state index contributed by atoms with van der Waals surface area (Å²) in [5.74, 6) is 3.28. The molecule has 0 aromatic carbocycles. The molecule has 5 aliphatic rings. The maximum absolute atomic E-state index is 11.9. The number of aliphatic hydroxyl groups is 2. The largest absolute Gasteiger partial charge is 0.462 e. The van der Waals surface area contributed by atoms with Gasteiger partial charge in [-0.1, -0.05) is 34.6 Å². The van der Waals surface area contributed by atoms with Crippen LogP contribution in [0.5, 0.6) is 0 Å². The minimum atomic E-state index is -1.17. The molecule has 0 bridgehead atoms. The van der Waals surface area contributed by atoms with E-state index in [1.807, 2.05) is 0 Å². The smallest absolute Gasteiger partial charge is 0.302 e. The van der Waals surface area contributed by atoms with Crippen molar-refractivity contribution in [1.82, 2.24) is 0 Å². The van der Waals surface area contributed by atoms with Crippen molar-refractivity contribution < 1.29 is 24.5 Å².